The molecule has 3 nitrogen and oxygen atoms in total. The van der Waals surface area contributed by atoms with E-state index in [9.17, 15) is 10.1 Å². The summed E-state index contributed by atoms with van der Waals surface area (Å²) in [5, 5.41) is 12.2. The van der Waals surface area contributed by atoms with E-state index in [0.717, 1.165) is 11.1 Å². The van der Waals surface area contributed by atoms with Crippen LogP contribution in [-0.4, -0.2) is 5.91 Å². The van der Waals surface area contributed by atoms with Crippen LogP contribution in [-0.2, 0) is 4.79 Å². The zero-order valence-corrected chi connectivity index (χ0v) is 14.3. The van der Waals surface area contributed by atoms with E-state index in [0.29, 0.717) is 5.92 Å². The number of rotatable bonds is 5. The molecule has 0 radical (unpaired) electrons. The van der Waals surface area contributed by atoms with Crippen molar-refractivity contribution in [1.82, 2.24) is 5.32 Å². The van der Waals surface area contributed by atoms with Gasteiger partial charge in [0.1, 0.15) is 11.6 Å². The van der Waals surface area contributed by atoms with E-state index >= 15 is 0 Å². The zero-order valence-electron chi connectivity index (χ0n) is 14.3. The molecule has 2 aromatic carbocycles. The summed E-state index contributed by atoms with van der Waals surface area (Å²) >= 11 is 0. The van der Waals surface area contributed by atoms with Gasteiger partial charge in [0.15, 0.2) is 0 Å². The predicted molar refractivity (Wildman–Crippen MR) is 97.1 cm³/mol. The van der Waals surface area contributed by atoms with Crippen LogP contribution in [0.3, 0.4) is 0 Å². The van der Waals surface area contributed by atoms with Crippen LogP contribution >= 0.6 is 0 Å². The van der Waals surface area contributed by atoms with Gasteiger partial charge in [0.25, 0.3) is 5.91 Å². The summed E-state index contributed by atoms with van der Waals surface area (Å²) in [6, 6.07) is 19.4. The summed E-state index contributed by atoms with van der Waals surface area (Å²) < 4.78 is 0. The van der Waals surface area contributed by atoms with Crippen molar-refractivity contribution in [2.45, 2.75) is 32.7 Å². The van der Waals surface area contributed by atoms with Crippen LogP contribution < -0.4 is 5.32 Å². The molecule has 0 heterocycles. The van der Waals surface area contributed by atoms with Crippen LogP contribution in [0.1, 0.15) is 49.4 Å². The van der Waals surface area contributed by atoms with E-state index in [2.05, 4.69) is 19.2 Å². The fourth-order valence-corrected chi connectivity index (χ4v) is 2.39. The molecule has 0 spiro atoms. The Morgan fingerprint density at radius 3 is 2.17 bits per heavy atom. The van der Waals surface area contributed by atoms with Gasteiger partial charge >= 0.3 is 0 Å². The number of hydrogen-bond donors (Lipinski definition) is 1. The van der Waals surface area contributed by atoms with Crippen molar-refractivity contribution in [1.29, 1.82) is 5.26 Å². The van der Waals surface area contributed by atoms with Crippen LogP contribution in [0.4, 0.5) is 0 Å². The number of hydrogen-bond acceptors (Lipinski definition) is 2. The molecule has 0 fully saturated rings. The molecule has 1 amide bonds. The molecule has 0 aliphatic carbocycles. The highest BCUT2D eigenvalue weighted by atomic mass is 16.1. The number of benzene rings is 2. The Kier molecular flexibility index (Phi) is 5.92. The Labute approximate surface area is 143 Å². The second-order valence-corrected chi connectivity index (χ2v) is 6.10. The molecule has 2 aromatic rings. The maximum atomic E-state index is 12.3. The second-order valence-electron chi connectivity index (χ2n) is 6.10. The van der Waals surface area contributed by atoms with Gasteiger partial charge in [0, 0.05) is 0 Å². The lowest BCUT2D eigenvalue weighted by molar-refractivity contribution is -0.117. The first-order valence-electron chi connectivity index (χ1n) is 8.09. The van der Waals surface area contributed by atoms with Crippen LogP contribution in [0.25, 0.3) is 6.08 Å². The zero-order chi connectivity index (χ0) is 17.5. The van der Waals surface area contributed by atoms with E-state index in [1.807, 2.05) is 67.6 Å². The minimum atomic E-state index is -0.359. The highest BCUT2D eigenvalue weighted by Gasteiger charge is 2.13. The van der Waals surface area contributed by atoms with Gasteiger partial charge in [0.05, 0.1) is 6.04 Å². The quantitative estimate of drug-likeness (QED) is 0.647. The summed E-state index contributed by atoms with van der Waals surface area (Å²) in [4.78, 5) is 12.3. The maximum Gasteiger partial charge on any atom is 0.262 e. The second kappa shape index (κ2) is 8.12. The third kappa shape index (κ3) is 4.57. The number of carbonyl (C=O) groups is 1. The topological polar surface area (TPSA) is 52.9 Å². The fourth-order valence-electron chi connectivity index (χ4n) is 2.39. The minimum absolute atomic E-state index is 0.107. The Morgan fingerprint density at radius 1 is 1.00 bits per heavy atom. The van der Waals surface area contributed by atoms with Crippen molar-refractivity contribution in [2.75, 3.05) is 0 Å². The van der Waals surface area contributed by atoms with Crippen molar-refractivity contribution in [3.05, 3.63) is 76.9 Å². The van der Waals surface area contributed by atoms with Crippen LogP contribution in [0.15, 0.2) is 60.2 Å². The molecule has 0 saturated carbocycles. The Balaban J connectivity index is 2.12. The van der Waals surface area contributed by atoms with E-state index in [4.69, 9.17) is 0 Å². The third-order valence-corrected chi connectivity index (χ3v) is 3.93. The van der Waals surface area contributed by atoms with Gasteiger partial charge in [0.2, 0.25) is 0 Å². The molecule has 1 N–H and O–H groups in total. The molecule has 0 aliphatic rings. The standard InChI is InChI=1S/C21H22N2O/c1-15(2)18-11-9-17(10-12-18)13-20(14-22)21(24)23-16(3)19-7-5-4-6-8-19/h4-13,15-16H,1-3H3,(H,23,24)/b20-13+/t16-/m0/s1. The average molecular weight is 318 g/mol. The SMILES string of the molecule is CC(C)c1ccc(/C=C(\C#N)C(=O)N[C@@H](C)c2ccccc2)cc1. The average Bonchev–Trinajstić information content (AvgIpc) is 2.60. The molecule has 0 aromatic heterocycles. The van der Waals surface area contributed by atoms with Crippen molar-refractivity contribution >= 4 is 12.0 Å². The molecule has 1 atom stereocenters. The largest absolute Gasteiger partial charge is 0.345 e. The van der Waals surface area contributed by atoms with Gasteiger partial charge in [-0.15, -0.1) is 0 Å². The molecule has 0 aliphatic heterocycles. The van der Waals surface area contributed by atoms with Crippen molar-refractivity contribution in [3.8, 4) is 6.07 Å². The van der Waals surface area contributed by atoms with Crippen molar-refractivity contribution in [2.24, 2.45) is 0 Å². The van der Waals surface area contributed by atoms with Crippen LogP contribution in [0.2, 0.25) is 0 Å². The number of nitrogens with one attached hydrogen (secondary N) is 1. The molecule has 0 saturated heterocycles. The van der Waals surface area contributed by atoms with Gasteiger partial charge in [-0.2, -0.15) is 5.26 Å². The van der Waals surface area contributed by atoms with Gasteiger partial charge in [-0.25, -0.2) is 0 Å². The molecular formula is C21H22N2O. The molecular weight excluding hydrogens is 296 g/mol. The number of amides is 1. The monoisotopic (exact) mass is 318 g/mol. The summed E-state index contributed by atoms with van der Waals surface area (Å²) in [5.74, 6) is 0.0928. The van der Waals surface area contributed by atoms with Crippen molar-refractivity contribution < 1.29 is 4.79 Å². The van der Waals surface area contributed by atoms with E-state index < -0.39 is 0 Å². The van der Waals surface area contributed by atoms with Crippen LogP contribution in [0, 0.1) is 11.3 Å². The molecule has 2 rings (SSSR count). The summed E-state index contributed by atoms with van der Waals surface area (Å²) in [6.45, 7) is 6.16. The Hall–Kier alpha value is -2.86. The first-order valence-corrected chi connectivity index (χ1v) is 8.09. The number of nitrogens with zero attached hydrogens (tertiary/aromatic N) is 1. The lowest BCUT2D eigenvalue weighted by Gasteiger charge is -2.13. The summed E-state index contributed by atoms with van der Waals surface area (Å²) in [7, 11) is 0. The first-order chi connectivity index (χ1) is 11.5. The molecule has 0 bridgehead atoms. The van der Waals surface area contributed by atoms with E-state index in [1.165, 1.54) is 5.56 Å². The number of nitriles is 1. The highest BCUT2D eigenvalue weighted by molar-refractivity contribution is 6.01. The summed E-state index contributed by atoms with van der Waals surface area (Å²) in [6.07, 6.45) is 1.62. The van der Waals surface area contributed by atoms with E-state index in [1.54, 1.807) is 6.08 Å². The normalized spacial score (nSPS) is 12.5. The first kappa shape index (κ1) is 17.5. The Morgan fingerprint density at radius 2 is 1.62 bits per heavy atom. The lowest BCUT2D eigenvalue weighted by Crippen LogP contribution is -2.27. The fraction of sp³-hybridized carbons (Fsp3) is 0.238. The Bertz CT molecular complexity index is 753. The van der Waals surface area contributed by atoms with Crippen LogP contribution in [0.5, 0.6) is 0 Å². The maximum absolute atomic E-state index is 12.3. The smallest absolute Gasteiger partial charge is 0.262 e. The molecule has 122 valence electrons. The number of carbonyl (C=O) groups excluding carboxylic acids is 1. The minimum Gasteiger partial charge on any atom is -0.345 e. The highest BCUT2D eigenvalue weighted by Crippen LogP contribution is 2.17. The van der Waals surface area contributed by atoms with Gasteiger partial charge in [-0.3, -0.25) is 4.79 Å². The lowest BCUT2D eigenvalue weighted by atomic mass is 10.0. The van der Waals surface area contributed by atoms with E-state index in [-0.39, 0.29) is 17.5 Å². The molecule has 24 heavy (non-hydrogen) atoms. The van der Waals surface area contributed by atoms with Crippen molar-refractivity contribution in [3.63, 3.8) is 0 Å². The van der Waals surface area contributed by atoms with Gasteiger partial charge in [-0.1, -0.05) is 68.4 Å². The van der Waals surface area contributed by atoms with Gasteiger partial charge < -0.3 is 5.32 Å². The third-order valence-electron chi connectivity index (χ3n) is 3.93. The summed E-state index contributed by atoms with van der Waals surface area (Å²) in [5.41, 5.74) is 3.19. The van der Waals surface area contributed by atoms with Gasteiger partial charge in [-0.05, 0) is 35.6 Å². The molecule has 0 unspecified atom stereocenters. The predicted octanol–water partition coefficient (Wildman–Crippen LogP) is 4.59. The molecule has 3 heteroatoms.